The van der Waals surface area contributed by atoms with E-state index < -0.39 is 5.60 Å². The summed E-state index contributed by atoms with van der Waals surface area (Å²) in [5.41, 5.74) is -0.878. The van der Waals surface area contributed by atoms with E-state index in [4.69, 9.17) is 0 Å². The van der Waals surface area contributed by atoms with Gasteiger partial charge in [0.2, 0.25) is 0 Å². The molecular formula is C15H25N7O. The first-order valence-electron chi connectivity index (χ1n) is 8.04. The molecule has 0 spiro atoms. The maximum Gasteiger partial charge on any atom is 0.141 e. The molecule has 0 amide bonds. The standard InChI is InChI=1S/C15H25N7O/c1-14(2,3)22-13(16-12-18-22)9-20-7-4-5-15(23,10-20)11-21-8-6-17-19-21/h6,8,12,23H,4-5,7,9-11H2,1-3H3. The molecule has 23 heavy (non-hydrogen) atoms. The van der Waals surface area contributed by atoms with E-state index in [1.54, 1.807) is 23.4 Å². The van der Waals surface area contributed by atoms with Crippen molar-refractivity contribution in [1.29, 1.82) is 0 Å². The molecule has 0 saturated carbocycles. The molecular weight excluding hydrogens is 294 g/mol. The van der Waals surface area contributed by atoms with Crippen molar-refractivity contribution in [3.05, 3.63) is 24.5 Å². The average Bonchev–Trinajstić information content (AvgIpc) is 3.09. The van der Waals surface area contributed by atoms with Gasteiger partial charge in [0, 0.05) is 12.7 Å². The Kier molecular flexibility index (Phi) is 4.20. The number of piperidine rings is 1. The van der Waals surface area contributed by atoms with Gasteiger partial charge in [-0.05, 0) is 40.2 Å². The summed E-state index contributed by atoms with van der Waals surface area (Å²) in [6.07, 6.45) is 6.75. The van der Waals surface area contributed by atoms with E-state index in [0.29, 0.717) is 19.6 Å². The van der Waals surface area contributed by atoms with E-state index in [9.17, 15) is 5.11 Å². The van der Waals surface area contributed by atoms with Gasteiger partial charge >= 0.3 is 0 Å². The van der Waals surface area contributed by atoms with Gasteiger partial charge in [-0.3, -0.25) is 4.90 Å². The van der Waals surface area contributed by atoms with Gasteiger partial charge < -0.3 is 5.11 Å². The zero-order chi connectivity index (χ0) is 16.5. The van der Waals surface area contributed by atoms with Crippen LogP contribution in [-0.2, 0) is 18.6 Å². The van der Waals surface area contributed by atoms with Gasteiger partial charge in [0.15, 0.2) is 0 Å². The van der Waals surface area contributed by atoms with Crippen LogP contribution in [0.1, 0.15) is 39.4 Å². The molecule has 1 unspecified atom stereocenters. The Morgan fingerprint density at radius 1 is 1.35 bits per heavy atom. The summed E-state index contributed by atoms with van der Waals surface area (Å²) in [6.45, 7) is 9.06. The molecule has 0 aliphatic carbocycles. The molecule has 1 saturated heterocycles. The smallest absolute Gasteiger partial charge is 0.141 e. The van der Waals surface area contributed by atoms with Crippen LogP contribution < -0.4 is 0 Å². The van der Waals surface area contributed by atoms with E-state index in [0.717, 1.165) is 25.2 Å². The van der Waals surface area contributed by atoms with E-state index >= 15 is 0 Å². The van der Waals surface area contributed by atoms with E-state index in [1.807, 2.05) is 4.68 Å². The molecule has 1 fully saturated rings. The second-order valence-corrected chi connectivity index (χ2v) is 7.40. The lowest BCUT2D eigenvalue weighted by molar-refractivity contribution is -0.0488. The molecule has 0 aromatic carbocycles. The Morgan fingerprint density at radius 2 is 2.17 bits per heavy atom. The maximum absolute atomic E-state index is 10.9. The van der Waals surface area contributed by atoms with Crippen molar-refractivity contribution < 1.29 is 5.11 Å². The van der Waals surface area contributed by atoms with Crippen LogP contribution in [0.2, 0.25) is 0 Å². The third kappa shape index (κ3) is 3.76. The molecule has 3 heterocycles. The molecule has 8 heteroatoms. The Morgan fingerprint density at radius 3 is 2.87 bits per heavy atom. The van der Waals surface area contributed by atoms with Crippen LogP contribution in [0, 0.1) is 0 Å². The number of aliphatic hydroxyl groups is 1. The molecule has 2 aromatic rings. The summed E-state index contributed by atoms with van der Waals surface area (Å²) < 4.78 is 3.65. The number of β-amino-alcohol motifs (C(OH)–C–C–N with tert-alkyl or cyclic N) is 1. The van der Waals surface area contributed by atoms with Gasteiger partial charge in [-0.2, -0.15) is 5.10 Å². The SMILES string of the molecule is CC(C)(C)n1ncnc1CN1CCCC(O)(Cn2ccnn2)C1. The van der Waals surface area contributed by atoms with Gasteiger partial charge in [0.25, 0.3) is 0 Å². The highest BCUT2D eigenvalue weighted by Gasteiger charge is 2.34. The van der Waals surface area contributed by atoms with E-state index in [2.05, 4.69) is 46.1 Å². The first-order chi connectivity index (χ1) is 10.9. The lowest BCUT2D eigenvalue weighted by Gasteiger charge is -2.39. The lowest BCUT2D eigenvalue weighted by Crippen LogP contribution is -2.50. The quantitative estimate of drug-likeness (QED) is 0.891. The van der Waals surface area contributed by atoms with Gasteiger partial charge in [0.05, 0.1) is 30.4 Å². The van der Waals surface area contributed by atoms with Crippen LogP contribution >= 0.6 is 0 Å². The minimum absolute atomic E-state index is 0.0986. The van der Waals surface area contributed by atoms with Crippen molar-refractivity contribution in [2.45, 2.75) is 57.8 Å². The van der Waals surface area contributed by atoms with Gasteiger partial charge in [0.1, 0.15) is 12.2 Å². The molecule has 2 aromatic heterocycles. The van der Waals surface area contributed by atoms with Crippen molar-refractivity contribution in [2.75, 3.05) is 13.1 Å². The monoisotopic (exact) mass is 319 g/mol. The minimum atomic E-state index is -0.779. The Labute approximate surface area is 136 Å². The zero-order valence-corrected chi connectivity index (χ0v) is 14.1. The summed E-state index contributed by atoms with van der Waals surface area (Å²) in [5, 5.41) is 23.0. The van der Waals surface area contributed by atoms with Crippen molar-refractivity contribution in [3.8, 4) is 0 Å². The number of nitrogens with zero attached hydrogens (tertiary/aromatic N) is 7. The number of likely N-dealkylation sites (tertiary alicyclic amines) is 1. The number of hydrogen-bond acceptors (Lipinski definition) is 6. The molecule has 1 aliphatic rings. The third-order valence-electron chi connectivity index (χ3n) is 4.18. The highest BCUT2D eigenvalue weighted by atomic mass is 16.3. The summed E-state index contributed by atoms with van der Waals surface area (Å²) in [5.74, 6) is 0.933. The number of hydrogen-bond donors (Lipinski definition) is 1. The second kappa shape index (κ2) is 6.01. The topological polar surface area (TPSA) is 84.9 Å². The maximum atomic E-state index is 10.9. The third-order valence-corrected chi connectivity index (χ3v) is 4.18. The van der Waals surface area contributed by atoms with Crippen LogP contribution in [0.3, 0.4) is 0 Å². The highest BCUT2D eigenvalue weighted by Crippen LogP contribution is 2.24. The second-order valence-electron chi connectivity index (χ2n) is 7.40. The first kappa shape index (κ1) is 16.1. The van der Waals surface area contributed by atoms with Crippen molar-refractivity contribution in [2.24, 2.45) is 0 Å². The van der Waals surface area contributed by atoms with Crippen LogP contribution in [0.25, 0.3) is 0 Å². The fourth-order valence-corrected chi connectivity index (χ4v) is 3.22. The zero-order valence-electron chi connectivity index (χ0n) is 14.1. The molecule has 1 atom stereocenters. The van der Waals surface area contributed by atoms with Gasteiger partial charge in [-0.25, -0.2) is 14.3 Å². The van der Waals surface area contributed by atoms with Crippen LogP contribution in [0.15, 0.2) is 18.7 Å². The molecule has 1 aliphatic heterocycles. The van der Waals surface area contributed by atoms with E-state index in [-0.39, 0.29) is 5.54 Å². The van der Waals surface area contributed by atoms with Crippen molar-refractivity contribution >= 4 is 0 Å². The van der Waals surface area contributed by atoms with Crippen molar-refractivity contribution in [1.82, 2.24) is 34.7 Å². The summed E-state index contributed by atoms with van der Waals surface area (Å²) >= 11 is 0. The number of rotatable bonds is 4. The lowest BCUT2D eigenvalue weighted by atomic mass is 9.93. The van der Waals surface area contributed by atoms with Crippen LogP contribution in [0.5, 0.6) is 0 Å². The summed E-state index contributed by atoms with van der Waals surface area (Å²) in [7, 11) is 0. The summed E-state index contributed by atoms with van der Waals surface area (Å²) in [4.78, 5) is 6.64. The first-order valence-corrected chi connectivity index (χ1v) is 8.04. The predicted octanol–water partition coefficient (Wildman–Crippen LogP) is 0.652. The molecule has 0 radical (unpaired) electrons. The largest absolute Gasteiger partial charge is 0.387 e. The fourth-order valence-electron chi connectivity index (χ4n) is 3.22. The predicted molar refractivity (Wildman–Crippen MR) is 84.5 cm³/mol. The van der Waals surface area contributed by atoms with E-state index in [1.165, 1.54) is 0 Å². The van der Waals surface area contributed by atoms with Gasteiger partial charge in [-0.15, -0.1) is 5.10 Å². The van der Waals surface area contributed by atoms with Crippen LogP contribution in [-0.4, -0.2) is 58.5 Å². The molecule has 3 rings (SSSR count). The van der Waals surface area contributed by atoms with Crippen LogP contribution in [0.4, 0.5) is 0 Å². The van der Waals surface area contributed by atoms with Crippen molar-refractivity contribution in [3.63, 3.8) is 0 Å². The Bertz CT molecular complexity index is 631. The molecule has 8 nitrogen and oxygen atoms in total. The Balaban J connectivity index is 1.68. The Hall–Kier alpha value is -1.80. The molecule has 0 bridgehead atoms. The average molecular weight is 319 g/mol. The normalized spacial score (nSPS) is 23.3. The number of aromatic nitrogens is 6. The highest BCUT2D eigenvalue weighted by molar-refractivity contribution is 4.94. The molecule has 126 valence electrons. The fraction of sp³-hybridized carbons (Fsp3) is 0.733. The minimum Gasteiger partial charge on any atom is -0.387 e. The summed E-state index contributed by atoms with van der Waals surface area (Å²) in [6, 6.07) is 0. The van der Waals surface area contributed by atoms with Gasteiger partial charge in [-0.1, -0.05) is 5.21 Å². The molecule has 1 N–H and O–H groups in total.